The maximum Gasteiger partial charge on any atom is 0.161 e. The fraction of sp³-hybridized carbons (Fsp3) is 0.640. The number of hydrogen-bond donors (Lipinski definition) is 1. The van der Waals surface area contributed by atoms with Crippen molar-refractivity contribution in [3.8, 4) is 11.5 Å². The molecule has 0 saturated heterocycles. The van der Waals surface area contributed by atoms with E-state index in [9.17, 15) is 9.90 Å². The number of unbranched alkanes of at least 4 members (excludes halogenated alkanes) is 1. The second-order valence-corrected chi connectivity index (χ2v) is 8.80. The molecule has 2 aliphatic carbocycles. The number of allylic oxidation sites excluding steroid dienone is 2. The first-order valence-corrected chi connectivity index (χ1v) is 11.3. The van der Waals surface area contributed by atoms with E-state index < -0.39 is 0 Å². The van der Waals surface area contributed by atoms with E-state index in [0.717, 1.165) is 18.4 Å². The molecule has 28 heavy (non-hydrogen) atoms. The van der Waals surface area contributed by atoms with Crippen LogP contribution in [0.5, 0.6) is 11.5 Å². The summed E-state index contributed by atoms with van der Waals surface area (Å²) in [6.07, 6.45) is 18.7. The number of aromatic hydroxyl groups is 1. The third kappa shape index (κ3) is 5.86. The number of benzene rings is 1. The smallest absolute Gasteiger partial charge is 0.161 e. The summed E-state index contributed by atoms with van der Waals surface area (Å²) in [6.45, 7) is 2.24. The molecular formula is C25H36O3. The minimum absolute atomic E-state index is 0.195. The summed E-state index contributed by atoms with van der Waals surface area (Å²) in [6, 6.07) is 5.50. The summed E-state index contributed by atoms with van der Waals surface area (Å²) in [5.74, 6) is 0.965. The van der Waals surface area contributed by atoms with E-state index in [1.165, 1.54) is 57.8 Å². The fourth-order valence-electron chi connectivity index (χ4n) is 4.72. The molecule has 0 atom stereocenters. The summed E-state index contributed by atoms with van der Waals surface area (Å²) >= 11 is 0. The zero-order valence-electron chi connectivity index (χ0n) is 17.4. The molecule has 1 aromatic carbocycles. The maximum absolute atomic E-state index is 12.5. The van der Waals surface area contributed by atoms with Crippen molar-refractivity contribution in [3.63, 3.8) is 0 Å². The molecule has 2 saturated carbocycles. The van der Waals surface area contributed by atoms with Crippen LogP contribution in [0.3, 0.4) is 0 Å². The molecule has 0 aliphatic heterocycles. The molecular weight excluding hydrogens is 348 g/mol. The number of carbonyl (C=O) groups is 1. The molecule has 2 aliphatic rings. The van der Waals surface area contributed by atoms with Gasteiger partial charge in [-0.1, -0.05) is 44.7 Å². The average Bonchev–Trinajstić information content (AvgIpc) is 3.38. The quantitative estimate of drug-likeness (QED) is 0.467. The van der Waals surface area contributed by atoms with E-state index in [0.29, 0.717) is 18.6 Å². The van der Waals surface area contributed by atoms with Gasteiger partial charge in [0.25, 0.3) is 0 Å². The lowest BCUT2D eigenvalue weighted by Gasteiger charge is -2.24. The van der Waals surface area contributed by atoms with Crippen molar-refractivity contribution in [1.29, 1.82) is 0 Å². The van der Waals surface area contributed by atoms with Crippen LogP contribution in [-0.4, -0.2) is 17.0 Å². The topological polar surface area (TPSA) is 46.5 Å². The Balaban J connectivity index is 1.53. The molecule has 1 aromatic rings. The molecule has 0 amide bonds. The highest BCUT2D eigenvalue weighted by Gasteiger charge is 2.30. The molecule has 0 radical (unpaired) electrons. The zero-order valence-corrected chi connectivity index (χ0v) is 17.4. The number of ketones is 1. The van der Waals surface area contributed by atoms with E-state index >= 15 is 0 Å². The van der Waals surface area contributed by atoms with Crippen LogP contribution in [-0.2, 0) is 11.2 Å². The van der Waals surface area contributed by atoms with Crippen molar-refractivity contribution in [1.82, 2.24) is 0 Å². The van der Waals surface area contributed by atoms with Crippen molar-refractivity contribution < 1.29 is 14.6 Å². The minimum Gasteiger partial charge on any atom is -0.504 e. The van der Waals surface area contributed by atoms with Gasteiger partial charge in [0.15, 0.2) is 17.3 Å². The van der Waals surface area contributed by atoms with Gasteiger partial charge in [-0.3, -0.25) is 4.79 Å². The molecule has 3 heteroatoms. The van der Waals surface area contributed by atoms with E-state index in [4.69, 9.17) is 4.74 Å². The first-order valence-electron chi connectivity index (χ1n) is 11.3. The summed E-state index contributed by atoms with van der Waals surface area (Å²) < 4.78 is 5.97. The number of phenolic OH excluding ortho intramolecular Hbond substituents is 1. The van der Waals surface area contributed by atoms with Crippen LogP contribution in [0.2, 0.25) is 0 Å². The predicted molar refractivity (Wildman–Crippen MR) is 114 cm³/mol. The van der Waals surface area contributed by atoms with Gasteiger partial charge in [-0.15, -0.1) is 0 Å². The van der Waals surface area contributed by atoms with Crippen LogP contribution in [0.15, 0.2) is 30.4 Å². The number of ether oxygens (including phenoxy) is 1. The van der Waals surface area contributed by atoms with Crippen LogP contribution in [0.4, 0.5) is 0 Å². The number of phenols is 1. The monoisotopic (exact) mass is 384 g/mol. The summed E-state index contributed by atoms with van der Waals surface area (Å²) in [5, 5.41) is 10.1. The number of carbonyl (C=O) groups excluding carboxylic acids is 1. The second-order valence-electron chi connectivity index (χ2n) is 8.80. The highest BCUT2D eigenvalue weighted by molar-refractivity contribution is 5.89. The van der Waals surface area contributed by atoms with Gasteiger partial charge >= 0.3 is 0 Å². The van der Waals surface area contributed by atoms with Crippen molar-refractivity contribution in [2.24, 2.45) is 5.41 Å². The number of hydrogen-bond acceptors (Lipinski definition) is 3. The summed E-state index contributed by atoms with van der Waals surface area (Å²) in [7, 11) is 0. The molecule has 0 aromatic heterocycles. The van der Waals surface area contributed by atoms with Gasteiger partial charge < -0.3 is 9.84 Å². The Morgan fingerprint density at radius 2 is 1.96 bits per heavy atom. The predicted octanol–water partition coefficient (Wildman–Crippen LogP) is 6.52. The lowest BCUT2D eigenvalue weighted by Crippen LogP contribution is -2.13. The van der Waals surface area contributed by atoms with Gasteiger partial charge in [0.05, 0.1) is 6.10 Å². The molecule has 2 fully saturated rings. The highest BCUT2D eigenvalue weighted by Crippen LogP contribution is 2.43. The van der Waals surface area contributed by atoms with E-state index in [1.54, 1.807) is 6.07 Å². The lowest BCUT2D eigenvalue weighted by atomic mass is 9.80. The van der Waals surface area contributed by atoms with E-state index in [2.05, 4.69) is 13.0 Å². The summed E-state index contributed by atoms with van der Waals surface area (Å²) in [5.41, 5.74) is 1.32. The van der Waals surface area contributed by atoms with Crippen LogP contribution in [0, 0.1) is 5.41 Å². The SMILES string of the molecule is CCCCC1(C=CC(=O)CCc2ccc(O)c(OC3CCCC3)c2)CCCC1. The van der Waals surface area contributed by atoms with Gasteiger partial charge in [0.2, 0.25) is 0 Å². The van der Waals surface area contributed by atoms with Crippen LogP contribution in [0.1, 0.15) is 89.5 Å². The number of rotatable bonds is 10. The van der Waals surface area contributed by atoms with Crippen molar-refractivity contribution in [3.05, 3.63) is 35.9 Å². The van der Waals surface area contributed by atoms with Crippen molar-refractivity contribution >= 4 is 5.78 Å². The molecule has 3 nitrogen and oxygen atoms in total. The minimum atomic E-state index is 0.195. The molecule has 0 heterocycles. The molecule has 0 spiro atoms. The maximum atomic E-state index is 12.5. The Hall–Kier alpha value is -1.77. The molecule has 154 valence electrons. The van der Waals surface area contributed by atoms with Crippen LogP contribution < -0.4 is 4.74 Å². The zero-order chi connectivity index (χ0) is 19.8. The third-order valence-electron chi connectivity index (χ3n) is 6.53. The Kier molecular flexibility index (Phi) is 7.58. The van der Waals surface area contributed by atoms with E-state index in [-0.39, 0.29) is 23.1 Å². The van der Waals surface area contributed by atoms with Crippen molar-refractivity contribution in [2.75, 3.05) is 0 Å². The van der Waals surface area contributed by atoms with Gasteiger partial charge in [0.1, 0.15) is 0 Å². The van der Waals surface area contributed by atoms with Crippen molar-refractivity contribution in [2.45, 2.75) is 96.5 Å². The number of aryl methyl sites for hydroxylation is 1. The largest absolute Gasteiger partial charge is 0.504 e. The first-order chi connectivity index (χ1) is 13.6. The molecule has 0 unspecified atom stereocenters. The van der Waals surface area contributed by atoms with Gasteiger partial charge in [-0.05, 0) is 80.6 Å². The molecule has 3 rings (SSSR count). The summed E-state index contributed by atoms with van der Waals surface area (Å²) in [4.78, 5) is 12.5. The van der Waals surface area contributed by atoms with Crippen LogP contribution in [0.25, 0.3) is 0 Å². The van der Waals surface area contributed by atoms with Gasteiger partial charge in [0, 0.05) is 6.42 Å². The first kappa shape index (κ1) is 21.0. The van der Waals surface area contributed by atoms with Gasteiger partial charge in [-0.2, -0.15) is 0 Å². The third-order valence-corrected chi connectivity index (χ3v) is 6.53. The molecule has 0 bridgehead atoms. The van der Waals surface area contributed by atoms with Gasteiger partial charge in [-0.25, -0.2) is 0 Å². The lowest BCUT2D eigenvalue weighted by molar-refractivity contribution is -0.114. The Morgan fingerprint density at radius 3 is 2.68 bits per heavy atom. The van der Waals surface area contributed by atoms with E-state index in [1.807, 2.05) is 18.2 Å². The Bertz CT molecular complexity index is 664. The Labute approximate surface area is 170 Å². The normalized spacial score (nSPS) is 19.5. The second kappa shape index (κ2) is 10.1. The molecule has 1 N–H and O–H groups in total. The average molecular weight is 385 g/mol. The fourth-order valence-corrected chi connectivity index (χ4v) is 4.72. The standard InChI is InChI=1S/C25H36O3/c1-2-3-15-25(16-6-7-17-25)18-14-21(26)12-10-20-11-13-23(27)24(19-20)28-22-8-4-5-9-22/h11,13-14,18-19,22,27H,2-10,12,15-17H2,1H3. The highest BCUT2D eigenvalue weighted by atomic mass is 16.5. The van der Waals surface area contributed by atoms with Crippen LogP contribution >= 0.6 is 0 Å². The Morgan fingerprint density at radius 1 is 1.21 bits per heavy atom.